The maximum absolute atomic E-state index is 16.1. The van der Waals surface area contributed by atoms with E-state index in [2.05, 4.69) is 16.9 Å². The number of hydrogen-bond acceptors (Lipinski definition) is 5. The lowest BCUT2D eigenvalue weighted by Crippen LogP contribution is -2.35. The number of rotatable bonds is 5. The molecule has 9 heteroatoms. The van der Waals surface area contributed by atoms with Crippen molar-refractivity contribution in [2.75, 3.05) is 31.9 Å². The van der Waals surface area contributed by atoms with E-state index in [1.54, 1.807) is 30.3 Å². The van der Waals surface area contributed by atoms with Crippen molar-refractivity contribution in [1.82, 2.24) is 9.97 Å². The van der Waals surface area contributed by atoms with Gasteiger partial charge in [0.15, 0.2) is 12.6 Å². The summed E-state index contributed by atoms with van der Waals surface area (Å²) >= 11 is 12.7. The van der Waals surface area contributed by atoms with Crippen LogP contribution in [0, 0.1) is 17.6 Å². The SMILES string of the molecule is COCOc1cc(-c2c(F)cc3c(N4CCCC(C)C4)nc(Cl)nc3c2F)c2c(Cl)cccc2c1. The van der Waals surface area contributed by atoms with Gasteiger partial charge in [0.05, 0.1) is 5.56 Å². The molecule has 5 rings (SSSR count). The van der Waals surface area contributed by atoms with Crippen molar-refractivity contribution in [2.45, 2.75) is 19.8 Å². The molecule has 4 aromatic rings. The molecule has 1 aromatic heterocycles. The van der Waals surface area contributed by atoms with Gasteiger partial charge in [0.1, 0.15) is 22.9 Å². The highest BCUT2D eigenvalue weighted by Crippen LogP contribution is 2.42. The molecule has 35 heavy (non-hydrogen) atoms. The second-order valence-corrected chi connectivity index (χ2v) is 9.56. The zero-order valence-corrected chi connectivity index (χ0v) is 20.8. The van der Waals surface area contributed by atoms with E-state index in [1.165, 1.54) is 13.2 Å². The lowest BCUT2D eigenvalue weighted by Gasteiger charge is -2.32. The van der Waals surface area contributed by atoms with Crippen molar-refractivity contribution in [3.8, 4) is 16.9 Å². The van der Waals surface area contributed by atoms with Crippen LogP contribution in [0.1, 0.15) is 19.8 Å². The maximum Gasteiger partial charge on any atom is 0.225 e. The molecule has 0 radical (unpaired) electrons. The number of benzene rings is 3. The fourth-order valence-corrected chi connectivity index (χ4v) is 5.23. The molecule has 1 atom stereocenters. The van der Waals surface area contributed by atoms with Gasteiger partial charge in [-0.25, -0.2) is 13.8 Å². The summed E-state index contributed by atoms with van der Waals surface area (Å²) in [6.45, 7) is 3.59. The van der Waals surface area contributed by atoms with Gasteiger partial charge in [-0.05, 0) is 60.0 Å². The average Bonchev–Trinajstić information content (AvgIpc) is 2.83. The molecule has 0 bridgehead atoms. The molecule has 0 aliphatic carbocycles. The van der Waals surface area contributed by atoms with Crippen molar-refractivity contribution < 1.29 is 18.3 Å². The van der Waals surface area contributed by atoms with Crippen LogP contribution in [-0.4, -0.2) is 37.0 Å². The molecular weight excluding hydrogens is 495 g/mol. The first-order chi connectivity index (χ1) is 16.9. The summed E-state index contributed by atoms with van der Waals surface area (Å²) in [6, 6.07) is 9.82. The van der Waals surface area contributed by atoms with Crippen LogP contribution in [0.25, 0.3) is 32.8 Å². The van der Waals surface area contributed by atoms with E-state index >= 15 is 8.78 Å². The number of ether oxygens (including phenoxy) is 2. The molecule has 0 spiro atoms. The standard InChI is InChI=1S/C26H23Cl2F2N3O2/c1-14-5-4-8-33(12-14)25-18-11-20(29)22(23(30)24(18)31-26(28)32-25)17-10-16(35-13-34-2)9-15-6-3-7-19(27)21(15)17/h3,6-7,9-11,14H,4-5,8,12-13H2,1-2H3. The smallest absolute Gasteiger partial charge is 0.225 e. The Hall–Kier alpha value is -2.74. The number of aromatic nitrogens is 2. The highest BCUT2D eigenvalue weighted by atomic mass is 35.5. The van der Waals surface area contributed by atoms with Crippen molar-refractivity contribution in [2.24, 2.45) is 5.92 Å². The van der Waals surface area contributed by atoms with E-state index < -0.39 is 11.6 Å². The number of halogens is 4. The number of anilines is 1. The Morgan fingerprint density at radius 2 is 1.97 bits per heavy atom. The number of nitrogens with zero attached hydrogens (tertiary/aromatic N) is 3. The Labute approximate surface area is 211 Å². The molecule has 182 valence electrons. The first kappa shape index (κ1) is 24.0. The molecule has 1 aliphatic rings. The fourth-order valence-electron chi connectivity index (χ4n) is 4.79. The van der Waals surface area contributed by atoms with E-state index in [0.29, 0.717) is 33.3 Å². The summed E-state index contributed by atoms with van der Waals surface area (Å²) in [5, 5.41) is 1.72. The van der Waals surface area contributed by atoms with Crippen molar-refractivity contribution in [3.63, 3.8) is 0 Å². The van der Waals surface area contributed by atoms with Crippen LogP contribution < -0.4 is 9.64 Å². The van der Waals surface area contributed by atoms with Crippen molar-refractivity contribution in [3.05, 3.63) is 58.3 Å². The lowest BCUT2D eigenvalue weighted by molar-refractivity contribution is 0.0512. The molecule has 5 nitrogen and oxygen atoms in total. The average molecular weight is 518 g/mol. The van der Waals surface area contributed by atoms with Gasteiger partial charge in [-0.2, -0.15) is 4.98 Å². The number of fused-ring (bicyclic) bond motifs is 2. The highest BCUT2D eigenvalue weighted by molar-refractivity contribution is 6.36. The van der Waals surface area contributed by atoms with Gasteiger partial charge in [0.25, 0.3) is 0 Å². The van der Waals surface area contributed by atoms with Gasteiger partial charge >= 0.3 is 0 Å². The molecule has 0 amide bonds. The summed E-state index contributed by atoms with van der Waals surface area (Å²) in [5.41, 5.74) is -0.0526. The van der Waals surface area contributed by atoms with Crippen LogP contribution in [0.15, 0.2) is 36.4 Å². The molecule has 1 aliphatic heterocycles. The van der Waals surface area contributed by atoms with Crippen LogP contribution in [0.5, 0.6) is 5.75 Å². The third-order valence-corrected chi connectivity index (χ3v) is 6.79. The zero-order chi connectivity index (χ0) is 24.7. The lowest BCUT2D eigenvalue weighted by atomic mass is 9.95. The largest absolute Gasteiger partial charge is 0.468 e. The third kappa shape index (κ3) is 4.48. The summed E-state index contributed by atoms with van der Waals surface area (Å²) in [7, 11) is 1.49. The first-order valence-electron chi connectivity index (χ1n) is 11.3. The molecule has 1 fully saturated rings. The Balaban J connectivity index is 1.77. The summed E-state index contributed by atoms with van der Waals surface area (Å²) in [6.07, 6.45) is 2.06. The molecule has 1 saturated heterocycles. The van der Waals surface area contributed by atoms with Gasteiger partial charge in [0.2, 0.25) is 5.28 Å². The van der Waals surface area contributed by atoms with Crippen molar-refractivity contribution in [1.29, 1.82) is 0 Å². The van der Waals surface area contributed by atoms with E-state index in [0.717, 1.165) is 25.9 Å². The van der Waals surface area contributed by atoms with Crippen LogP contribution in [-0.2, 0) is 4.74 Å². The van der Waals surface area contributed by atoms with Gasteiger partial charge in [-0.15, -0.1) is 0 Å². The van der Waals surface area contributed by atoms with Gasteiger partial charge in [0, 0.05) is 41.6 Å². The normalized spacial score (nSPS) is 16.3. The quantitative estimate of drug-likeness (QED) is 0.206. The Morgan fingerprint density at radius 1 is 1.14 bits per heavy atom. The van der Waals surface area contributed by atoms with Gasteiger partial charge in [-0.3, -0.25) is 0 Å². The molecule has 0 N–H and O–H groups in total. The Kier molecular flexibility index (Phi) is 6.66. The molecule has 3 aromatic carbocycles. The minimum absolute atomic E-state index is 0.0192. The summed E-state index contributed by atoms with van der Waals surface area (Å²) < 4.78 is 42.5. The summed E-state index contributed by atoms with van der Waals surface area (Å²) in [4.78, 5) is 10.5. The topological polar surface area (TPSA) is 47.5 Å². The van der Waals surface area contributed by atoms with E-state index in [9.17, 15) is 0 Å². The number of methoxy groups -OCH3 is 1. The molecule has 2 heterocycles. The summed E-state index contributed by atoms with van der Waals surface area (Å²) in [5.74, 6) is -0.321. The van der Waals surface area contributed by atoms with Gasteiger partial charge < -0.3 is 14.4 Å². The van der Waals surface area contributed by atoms with E-state index in [4.69, 9.17) is 32.7 Å². The second kappa shape index (κ2) is 9.72. The first-order valence-corrected chi connectivity index (χ1v) is 12.1. The Morgan fingerprint density at radius 3 is 2.74 bits per heavy atom. The molecule has 0 saturated carbocycles. The van der Waals surface area contributed by atoms with Crippen LogP contribution in [0.4, 0.5) is 14.6 Å². The maximum atomic E-state index is 16.1. The zero-order valence-electron chi connectivity index (χ0n) is 19.2. The minimum Gasteiger partial charge on any atom is -0.468 e. The molecular formula is C26H23Cl2F2N3O2. The monoisotopic (exact) mass is 517 g/mol. The number of hydrogen-bond donors (Lipinski definition) is 0. The van der Waals surface area contributed by atoms with Crippen LogP contribution >= 0.6 is 23.2 Å². The molecule has 1 unspecified atom stereocenters. The van der Waals surface area contributed by atoms with Crippen LogP contribution in [0.3, 0.4) is 0 Å². The number of piperidine rings is 1. The fraction of sp³-hybridized carbons (Fsp3) is 0.308. The third-order valence-electron chi connectivity index (χ3n) is 6.30. The Bertz CT molecular complexity index is 1430. The second-order valence-electron chi connectivity index (χ2n) is 8.81. The van der Waals surface area contributed by atoms with Gasteiger partial charge in [-0.1, -0.05) is 30.7 Å². The van der Waals surface area contributed by atoms with E-state index in [-0.39, 0.29) is 34.1 Å². The highest BCUT2D eigenvalue weighted by Gasteiger charge is 2.26. The minimum atomic E-state index is -0.833. The van der Waals surface area contributed by atoms with Crippen LogP contribution in [0.2, 0.25) is 10.3 Å². The predicted octanol–water partition coefficient (Wildman–Crippen LogP) is 7.25. The predicted molar refractivity (Wildman–Crippen MR) is 136 cm³/mol. The van der Waals surface area contributed by atoms with Crippen molar-refractivity contribution >= 4 is 50.7 Å². The van der Waals surface area contributed by atoms with E-state index in [1.807, 2.05) is 4.90 Å².